The highest BCUT2D eigenvalue weighted by molar-refractivity contribution is 6.11. The summed E-state index contributed by atoms with van der Waals surface area (Å²) in [5, 5.41) is 2.71. The SMILES string of the molecule is C=C1c2ccccc2C(=O)N1CC(=O)Nc1ccc(OCC(N)=O)cc1. The maximum absolute atomic E-state index is 12.4. The van der Waals surface area contributed by atoms with Crippen molar-refractivity contribution in [2.24, 2.45) is 5.73 Å². The van der Waals surface area contributed by atoms with E-state index in [0.717, 1.165) is 5.56 Å². The number of carbonyl (C=O) groups excluding carboxylic acids is 3. The van der Waals surface area contributed by atoms with Gasteiger partial charge in [-0.1, -0.05) is 24.8 Å². The third kappa shape index (κ3) is 3.56. The minimum atomic E-state index is -0.570. The zero-order valence-electron chi connectivity index (χ0n) is 13.9. The molecule has 0 saturated heterocycles. The van der Waals surface area contributed by atoms with E-state index in [1.165, 1.54) is 4.90 Å². The summed E-state index contributed by atoms with van der Waals surface area (Å²) in [5.74, 6) is -0.701. The Kier molecular flexibility index (Phi) is 4.70. The number of ether oxygens (including phenoxy) is 1. The molecule has 1 aliphatic heterocycles. The van der Waals surface area contributed by atoms with Crippen LogP contribution in [0.2, 0.25) is 0 Å². The molecule has 1 heterocycles. The van der Waals surface area contributed by atoms with Gasteiger partial charge >= 0.3 is 0 Å². The van der Waals surface area contributed by atoms with Crippen LogP contribution < -0.4 is 15.8 Å². The molecule has 26 heavy (non-hydrogen) atoms. The normalized spacial score (nSPS) is 12.7. The number of nitrogens with one attached hydrogen (secondary N) is 1. The summed E-state index contributed by atoms with van der Waals surface area (Å²) in [6, 6.07) is 13.6. The van der Waals surface area contributed by atoms with Gasteiger partial charge in [-0.15, -0.1) is 0 Å². The van der Waals surface area contributed by atoms with Crippen molar-refractivity contribution in [3.05, 3.63) is 66.2 Å². The average molecular weight is 351 g/mol. The lowest BCUT2D eigenvalue weighted by Gasteiger charge is -2.17. The van der Waals surface area contributed by atoms with Crippen LogP contribution in [0, 0.1) is 0 Å². The van der Waals surface area contributed by atoms with E-state index in [4.69, 9.17) is 10.5 Å². The number of nitrogens with two attached hydrogens (primary N) is 1. The number of anilines is 1. The molecule has 0 aromatic heterocycles. The molecule has 7 nitrogen and oxygen atoms in total. The van der Waals surface area contributed by atoms with E-state index in [9.17, 15) is 14.4 Å². The zero-order valence-corrected chi connectivity index (χ0v) is 13.9. The molecular formula is C19H17N3O4. The second kappa shape index (κ2) is 7.10. The van der Waals surface area contributed by atoms with Crippen LogP contribution in [-0.2, 0) is 9.59 Å². The number of primary amides is 1. The van der Waals surface area contributed by atoms with Gasteiger partial charge in [0.2, 0.25) is 5.91 Å². The van der Waals surface area contributed by atoms with Gasteiger partial charge in [0, 0.05) is 22.5 Å². The molecule has 2 aromatic rings. The maximum atomic E-state index is 12.4. The van der Waals surface area contributed by atoms with Gasteiger partial charge in [0.15, 0.2) is 6.61 Å². The number of fused-ring (bicyclic) bond motifs is 1. The number of amides is 3. The number of carbonyl (C=O) groups is 3. The van der Waals surface area contributed by atoms with Crippen LogP contribution in [-0.4, -0.2) is 35.8 Å². The summed E-state index contributed by atoms with van der Waals surface area (Å²) in [6.45, 7) is 3.56. The minimum Gasteiger partial charge on any atom is -0.484 e. The lowest BCUT2D eigenvalue weighted by Crippen LogP contribution is -2.32. The first-order valence-corrected chi connectivity index (χ1v) is 7.87. The molecule has 3 rings (SSSR count). The molecule has 3 N–H and O–H groups in total. The molecule has 132 valence electrons. The highest BCUT2D eigenvalue weighted by atomic mass is 16.5. The fourth-order valence-corrected chi connectivity index (χ4v) is 2.63. The summed E-state index contributed by atoms with van der Waals surface area (Å²) in [6.07, 6.45) is 0. The summed E-state index contributed by atoms with van der Waals surface area (Å²) >= 11 is 0. The van der Waals surface area contributed by atoms with Crippen LogP contribution in [0.4, 0.5) is 5.69 Å². The number of benzene rings is 2. The summed E-state index contributed by atoms with van der Waals surface area (Å²) in [4.78, 5) is 36.7. The van der Waals surface area contributed by atoms with Crippen LogP contribution >= 0.6 is 0 Å². The lowest BCUT2D eigenvalue weighted by atomic mass is 10.1. The van der Waals surface area contributed by atoms with Crippen molar-refractivity contribution < 1.29 is 19.1 Å². The Morgan fingerprint density at radius 2 is 1.73 bits per heavy atom. The van der Waals surface area contributed by atoms with E-state index in [2.05, 4.69) is 11.9 Å². The Bertz CT molecular complexity index is 855. The van der Waals surface area contributed by atoms with Gasteiger partial charge in [-0.05, 0) is 30.3 Å². The quantitative estimate of drug-likeness (QED) is 0.825. The van der Waals surface area contributed by atoms with Gasteiger partial charge in [0.1, 0.15) is 12.3 Å². The third-order valence-electron chi connectivity index (χ3n) is 3.86. The Morgan fingerprint density at radius 1 is 1.08 bits per heavy atom. The molecular weight excluding hydrogens is 334 g/mol. The molecule has 3 amide bonds. The minimum absolute atomic E-state index is 0.133. The van der Waals surface area contributed by atoms with Crippen molar-refractivity contribution in [1.29, 1.82) is 0 Å². The molecule has 0 fully saturated rings. The first kappa shape index (κ1) is 17.2. The number of hydrogen-bond donors (Lipinski definition) is 2. The monoisotopic (exact) mass is 351 g/mol. The molecule has 0 saturated carbocycles. The van der Waals surface area contributed by atoms with Crippen molar-refractivity contribution in [3.63, 3.8) is 0 Å². The van der Waals surface area contributed by atoms with E-state index in [1.807, 2.05) is 6.07 Å². The molecule has 1 aliphatic rings. The Balaban J connectivity index is 1.60. The molecule has 0 aliphatic carbocycles. The highest BCUT2D eigenvalue weighted by Gasteiger charge is 2.31. The molecule has 0 unspecified atom stereocenters. The van der Waals surface area contributed by atoms with E-state index in [1.54, 1.807) is 42.5 Å². The second-order valence-electron chi connectivity index (χ2n) is 5.71. The fraction of sp³-hybridized carbons (Fsp3) is 0.105. The highest BCUT2D eigenvalue weighted by Crippen LogP contribution is 2.30. The number of rotatable bonds is 6. The molecule has 0 bridgehead atoms. The largest absolute Gasteiger partial charge is 0.484 e. The van der Waals surface area contributed by atoms with Crippen molar-refractivity contribution in [2.75, 3.05) is 18.5 Å². The first-order chi connectivity index (χ1) is 12.5. The molecule has 0 atom stereocenters. The standard InChI is InChI=1S/C19H17N3O4/c1-12-15-4-2-3-5-16(15)19(25)22(12)10-18(24)21-13-6-8-14(9-7-13)26-11-17(20)23/h2-9H,1,10-11H2,(H2,20,23)(H,21,24). The fourth-order valence-electron chi connectivity index (χ4n) is 2.63. The second-order valence-corrected chi connectivity index (χ2v) is 5.71. The van der Waals surface area contributed by atoms with Gasteiger partial charge in [-0.25, -0.2) is 0 Å². The van der Waals surface area contributed by atoms with Gasteiger partial charge in [0.05, 0.1) is 0 Å². The maximum Gasteiger partial charge on any atom is 0.259 e. The van der Waals surface area contributed by atoms with Crippen molar-refractivity contribution in [1.82, 2.24) is 4.90 Å². The van der Waals surface area contributed by atoms with Crippen LogP contribution in [0.3, 0.4) is 0 Å². The van der Waals surface area contributed by atoms with Crippen molar-refractivity contribution >= 4 is 29.1 Å². The molecule has 7 heteroatoms. The van der Waals surface area contributed by atoms with Crippen LogP contribution in [0.25, 0.3) is 5.70 Å². The van der Waals surface area contributed by atoms with E-state index >= 15 is 0 Å². The third-order valence-corrected chi connectivity index (χ3v) is 3.86. The molecule has 0 radical (unpaired) electrons. The molecule has 0 spiro atoms. The molecule has 2 aromatic carbocycles. The Labute approximate surface area is 150 Å². The zero-order chi connectivity index (χ0) is 18.7. The smallest absolute Gasteiger partial charge is 0.259 e. The predicted molar refractivity (Wildman–Crippen MR) is 96.3 cm³/mol. The summed E-state index contributed by atoms with van der Waals surface area (Å²) < 4.78 is 5.15. The van der Waals surface area contributed by atoms with Gasteiger partial charge in [-0.2, -0.15) is 0 Å². The summed E-state index contributed by atoms with van der Waals surface area (Å²) in [7, 11) is 0. The van der Waals surface area contributed by atoms with Crippen molar-refractivity contribution in [2.45, 2.75) is 0 Å². The van der Waals surface area contributed by atoms with Gasteiger partial charge < -0.3 is 15.8 Å². The van der Waals surface area contributed by atoms with E-state index in [-0.39, 0.29) is 25.0 Å². The first-order valence-electron chi connectivity index (χ1n) is 7.87. The lowest BCUT2D eigenvalue weighted by molar-refractivity contribution is -0.120. The van der Waals surface area contributed by atoms with Crippen LogP contribution in [0.1, 0.15) is 15.9 Å². The van der Waals surface area contributed by atoms with E-state index < -0.39 is 5.91 Å². The Hall–Kier alpha value is -3.61. The topological polar surface area (TPSA) is 102 Å². The predicted octanol–water partition coefficient (Wildman–Crippen LogP) is 1.62. The van der Waals surface area contributed by atoms with Crippen LogP contribution in [0.15, 0.2) is 55.1 Å². The summed E-state index contributed by atoms with van der Waals surface area (Å²) in [5.41, 5.74) is 7.34. The van der Waals surface area contributed by atoms with Crippen LogP contribution in [0.5, 0.6) is 5.75 Å². The van der Waals surface area contributed by atoms with Gasteiger partial charge in [-0.3, -0.25) is 19.3 Å². The van der Waals surface area contributed by atoms with Gasteiger partial charge in [0.25, 0.3) is 11.8 Å². The van der Waals surface area contributed by atoms with E-state index in [0.29, 0.717) is 22.7 Å². The Morgan fingerprint density at radius 3 is 2.35 bits per heavy atom. The number of nitrogens with zero attached hydrogens (tertiary/aromatic N) is 1. The average Bonchev–Trinajstić information content (AvgIpc) is 2.86. The van der Waals surface area contributed by atoms with Crippen molar-refractivity contribution in [3.8, 4) is 5.75 Å². The number of hydrogen-bond acceptors (Lipinski definition) is 4.